The van der Waals surface area contributed by atoms with Crippen LogP contribution < -0.4 is 0 Å². The molecule has 0 unspecified atom stereocenters. The second kappa shape index (κ2) is 5.03. The summed E-state index contributed by atoms with van der Waals surface area (Å²) in [6.45, 7) is 3.35. The zero-order valence-corrected chi connectivity index (χ0v) is 8.88. The number of aryl methyl sites for hydroxylation is 1. The highest BCUT2D eigenvalue weighted by Gasteiger charge is 1.99. The van der Waals surface area contributed by atoms with E-state index in [1.807, 2.05) is 0 Å². The van der Waals surface area contributed by atoms with Gasteiger partial charge in [-0.05, 0) is 38.1 Å². The van der Waals surface area contributed by atoms with Crippen molar-refractivity contribution in [3.63, 3.8) is 0 Å². The lowest BCUT2D eigenvalue weighted by atomic mass is 10.0. The van der Waals surface area contributed by atoms with Crippen molar-refractivity contribution in [2.24, 2.45) is 0 Å². The van der Waals surface area contributed by atoms with E-state index in [1.54, 1.807) is 0 Å². The number of hydrogen-bond donors (Lipinski definition) is 0. The molecule has 0 fully saturated rings. The smallest absolute Gasteiger partial charge is 0.00158 e. The Morgan fingerprint density at radius 1 is 1.08 bits per heavy atom. The van der Waals surface area contributed by atoms with Crippen LogP contribution in [0.25, 0.3) is 0 Å². The third-order valence-electron chi connectivity index (χ3n) is 2.33. The minimum Gasteiger partial charge on any atom is -0.309 e. The maximum atomic E-state index is 2.24. The first kappa shape index (κ1) is 10.3. The first-order valence-electron chi connectivity index (χ1n) is 4.95. The van der Waals surface area contributed by atoms with E-state index in [4.69, 9.17) is 0 Å². The van der Waals surface area contributed by atoms with Gasteiger partial charge in [-0.2, -0.15) is 0 Å². The van der Waals surface area contributed by atoms with Crippen molar-refractivity contribution in [1.82, 2.24) is 4.90 Å². The van der Waals surface area contributed by atoms with Gasteiger partial charge in [0.15, 0.2) is 0 Å². The average molecular weight is 177 g/mol. The Bertz CT molecular complexity index is 253. The molecule has 1 rings (SSSR count). The van der Waals surface area contributed by atoms with Crippen LogP contribution in [0.3, 0.4) is 0 Å². The van der Waals surface area contributed by atoms with Gasteiger partial charge in [-0.1, -0.05) is 31.2 Å². The fraction of sp³-hybridized carbons (Fsp3) is 0.500. The van der Waals surface area contributed by atoms with Gasteiger partial charge in [0, 0.05) is 6.54 Å². The lowest BCUT2D eigenvalue weighted by Gasteiger charge is -2.11. The van der Waals surface area contributed by atoms with Crippen molar-refractivity contribution >= 4 is 0 Å². The first-order valence-corrected chi connectivity index (χ1v) is 4.95. The van der Waals surface area contributed by atoms with Crippen LogP contribution in [0, 0.1) is 0 Å². The monoisotopic (exact) mass is 177 g/mol. The third-order valence-corrected chi connectivity index (χ3v) is 2.33. The number of likely N-dealkylation sites (N-methyl/N-ethyl adjacent to an activating group) is 1. The molecule has 0 aromatic heterocycles. The highest BCUT2D eigenvalue weighted by molar-refractivity contribution is 5.27. The summed E-state index contributed by atoms with van der Waals surface area (Å²) in [5.41, 5.74) is 2.99. The van der Waals surface area contributed by atoms with Crippen LogP contribution >= 0.6 is 0 Å². The molecule has 0 bridgehead atoms. The van der Waals surface area contributed by atoms with Crippen LogP contribution in [-0.4, -0.2) is 25.5 Å². The quantitative estimate of drug-likeness (QED) is 0.682. The maximum absolute atomic E-state index is 2.24. The summed E-state index contributed by atoms with van der Waals surface area (Å²) in [5.74, 6) is 0. The van der Waals surface area contributed by atoms with Gasteiger partial charge in [-0.15, -0.1) is 0 Å². The highest BCUT2D eigenvalue weighted by atomic mass is 15.0. The molecule has 0 amide bonds. The molecule has 1 aromatic carbocycles. The van der Waals surface area contributed by atoms with Crippen molar-refractivity contribution in [3.8, 4) is 0 Å². The molecular weight excluding hydrogens is 158 g/mol. The Hall–Kier alpha value is -0.820. The second-order valence-electron chi connectivity index (χ2n) is 3.68. The van der Waals surface area contributed by atoms with Crippen LogP contribution in [0.4, 0.5) is 0 Å². The summed E-state index contributed by atoms with van der Waals surface area (Å²) >= 11 is 0. The van der Waals surface area contributed by atoms with Gasteiger partial charge in [0.2, 0.25) is 0 Å². The van der Waals surface area contributed by atoms with E-state index in [0.29, 0.717) is 0 Å². The van der Waals surface area contributed by atoms with Gasteiger partial charge in [-0.3, -0.25) is 0 Å². The first-order chi connectivity index (χ1) is 6.24. The van der Waals surface area contributed by atoms with Crippen molar-refractivity contribution in [1.29, 1.82) is 0 Å². The number of hydrogen-bond acceptors (Lipinski definition) is 1. The number of nitrogens with zero attached hydrogens (tertiary/aromatic N) is 1. The van der Waals surface area contributed by atoms with Gasteiger partial charge in [-0.25, -0.2) is 0 Å². The van der Waals surface area contributed by atoms with E-state index in [0.717, 1.165) is 19.4 Å². The summed E-state index contributed by atoms with van der Waals surface area (Å²) in [4.78, 5) is 2.23. The average Bonchev–Trinajstić information content (AvgIpc) is 2.15. The fourth-order valence-corrected chi connectivity index (χ4v) is 1.49. The van der Waals surface area contributed by atoms with Crippen molar-refractivity contribution < 1.29 is 0 Å². The van der Waals surface area contributed by atoms with E-state index in [9.17, 15) is 0 Å². The Morgan fingerprint density at radius 3 is 2.23 bits per heavy atom. The Balaban J connectivity index is 2.64. The molecule has 0 radical (unpaired) electrons. The van der Waals surface area contributed by atoms with E-state index >= 15 is 0 Å². The predicted molar refractivity (Wildman–Crippen MR) is 58.1 cm³/mol. The standard InChI is InChI=1S/C12H19N/c1-4-11-7-5-6-8-12(11)9-10-13(2)3/h5-8H,4,9-10H2,1-3H3. The van der Waals surface area contributed by atoms with Crippen LogP contribution in [-0.2, 0) is 12.8 Å². The molecule has 0 spiro atoms. The number of rotatable bonds is 4. The lowest BCUT2D eigenvalue weighted by molar-refractivity contribution is 0.413. The van der Waals surface area contributed by atoms with Crippen LogP contribution in [0.1, 0.15) is 18.1 Å². The van der Waals surface area contributed by atoms with Crippen molar-refractivity contribution in [2.75, 3.05) is 20.6 Å². The minimum absolute atomic E-state index is 1.14. The molecule has 0 heterocycles. The molecule has 0 N–H and O–H groups in total. The van der Waals surface area contributed by atoms with E-state index in [1.165, 1.54) is 11.1 Å². The molecule has 72 valence electrons. The van der Waals surface area contributed by atoms with Crippen LogP contribution in [0.2, 0.25) is 0 Å². The SMILES string of the molecule is CCc1ccccc1CCN(C)C. The fourth-order valence-electron chi connectivity index (χ4n) is 1.49. The molecule has 0 saturated carbocycles. The van der Waals surface area contributed by atoms with E-state index in [-0.39, 0.29) is 0 Å². The molecule has 1 nitrogen and oxygen atoms in total. The predicted octanol–water partition coefficient (Wildman–Crippen LogP) is 2.35. The Labute approximate surface area is 81.4 Å². The lowest BCUT2D eigenvalue weighted by Crippen LogP contribution is -2.15. The molecule has 1 heteroatoms. The molecule has 0 aliphatic rings. The second-order valence-corrected chi connectivity index (χ2v) is 3.68. The van der Waals surface area contributed by atoms with E-state index in [2.05, 4.69) is 50.2 Å². The molecule has 0 aliphatic carbocycles. The molecular formula is C12H19N. The van der Waals surface area contributed by atoms with Gasteiger partial charge in [0.1, 0.15) is 0 Å². The number of benzene rings is 1. The third kappa shape index (κ3) is 3.19. The normalized spacial score (nSPS) is 10.8. The van der Waals surface area contributed by atoms with Crippen LogP contribution in [0.15, 0.2) is 24.3 Å². The summed E-state index contributed by atoms with van der Waals surface area (Å²) in [7, 11) is 4.24. The molecule has 0 aliphatic heterocycles. The zero-order valence-electron chi connectivity index (χ0n) is 8.88. The highest BCUT2D eigenvalue weighted by Crippen LogP contribution is 2.09. The molecule has 1 aromatic rings. The molecule has 0 atom stereocenters. The molecule has 13 heavy (non-hydrogen) atoms. The van der Waals surface area contributed by atoms with Crippen LogP contribution in [0.5, 0.6) is 0 Å². The molecule has 0 saturated heterocycles. The van der Waals surface area contributed by atoms with Gasteiger partial charge in [0.05, 0.1) is 0 Å². The summed E-state index contributed by atoms with van der Waals surface area (Å²) in [6.07, 6.45) is 2.31. The van der Waals surface area contributed by atoms with Gasteiger partial charge in [0.25, 0.3) is 0 Å². The summed E-state index contributed by atoms with van der Waals surface area (Å²) in [5, 5.41) is 0. The van der Waals surface area contributed by atoms with Crippen molar-refractivity contribution in [3.05, 3.63) is 35.4 Å². The summed E-state index contributed by atoms with van der Waals surface area (Å²) in [6, 6.07) is 8.72. The van der Waals surface area contributed by atoms with E-state index < -0.39 is 0 Å². The minimum atomic E-state index is 1.14. The largest absolute Gasteiger partial charge is 0.309 e. The van der Waals surface area contributed by atoms with Gasteiger partial charge < -0.3 is 4.90 Å². The zero-order chi connectivity index (χ0) is 9.68. The Kier molecular flexibility index (Phi) is 3.97. The maximum Gasteiger partial charge on any atom is 0.00158 e. The Morgan fingerprint density at radius 2 is 1.69 bits per heavy atom. The van der Waals surface area contributed by atoms with Crippen molar-refractivity contribution in [2.45, 2.75) is 19.8 Å². The summed E-state index contributed by atoms with van der Waals surface area (Å²) < 4.78 is 0. The van der Waals surface area contributed by atoms with Gasteiger partial charge >= 0.3 is 0 Å². The topological polar surface area (TPSA) is 3.24 Å².